The minimum Gasteiger partial charge on any atom is -0.308 e. The molecule has 3 aromatic carbocycles. The van der Waals surface area contributed by atoms with E-state index in [0.717, 1.165) is 36.0 Å². The first-order valence-corrected chi connectivity index (χ1v) is 12.1. The molecule has 6 nitrogen and oxygen atoms in total. The fourth-order valence-corrected chi connectivity index (χ4v) is 4.54. The normalized spacial score (nSPS) is 11.9. The molecular weight excluding hydrogens is 420 g/mol. The Morgan fingerprint density at radius 2 is 1.72 bits per heavy atom. The van der Waals surface area contributed by atoms with Gasteiger partial charge in [0, 0.05) is 18.3 Å². The van der Waals surface area contributed by atoms with Gasteiger partial charge in [0.25, 0.3) is 10.0 Å². The van der Waals surface area contributed by atoms with Crippen LogP contribution in [0.25, 0.3) is 11.0 Å². The van der Waals surface area contributed by atoms with Crippen molar-refractivity contribution in [2.24, 2.45) is 4.99 Å². The number of hydrogen-bond donors (Lipinski definition) is 1. The predicted molar refractivity (Wildman–Crippen MR) is 130 cm³/mol. The molecule has 7 heteroatoms. The Morgan fingerprint density at radius 1 is 1.00 bits per heavy atom. The highest BCUT2D eigenvalue weighted by Gasteiger charge is 2.15. The van der Waals surface area contributed by atoms with Crippen LogP contribution in [0.5, 0.6) is 0 Å². The van der Waals surface area contributed by atoms with Crippen molar-refractivity contribution >= 4 is 38.9 Å². The summed E-state index contributed by atoms with van der Waals surface area (Å²) in [5.41, 5.74) is 4.07. The molecule has 4 aromatic rings. The standard InChI is InChI=1S/C25H26N4O2S/c1-3-4-17-29-24-12-8-7-11-23(24)27-25(29)26-18-20-9-5-6-10-22(20)28-32(30,31)21-15-13-19(2)14-16-21/h5-16,18,28H,3-4,17H2,1-2H3. The maximum atomic E-state index is 12.9. The Morgan fingerprint density at radius 3 is 2.50 bits per heavy atom. The zero-order chi connectivity index (χ0) is 22.6. The zero-order valence-corrected chi connectivity index (χ0v) is 19.0. The molecule has 0 aliphatic carbocycles. The SMILES string of the molecule is CCCCn1c(N=Cc2ccccc2NS(=O)(=O)c2ccc(C)cc2)nc2ccccc21. The molecule has 0 radical (unpaired) electrons. The van der Waals surface area contributed by atoms with Gasteiger partial charge in [-0.05, 0) is 43.7 Å². The van der Waals surface area contributed by atoms with E-state index < -0.39 is 10.0 Å². The number of aryl methyl sites for hydroxylation is 2. The molecule has 0 aliphatic heterocycles. The maximum Gasteiger partial charge on any atom is 0.261 e. The monoisotopic (exact) mass is 446 g/mol. The molecule has 0 fully saturated rings. The molecule has 0 bridgehead atoms. The van der Waals surface area contributed by atoms with E-state index in [9.17, 15) is 8.42 Å². The Bertz CT molecular complexity index is 1360. The van der Waals surface area contributed by atoms with E-state index >= 15 is 0 Å². The molecule has 0 spiro atoms. The quantitative estimate of drug-likeness (QED) is 0.353. The van der Waals surface area contributed by atoms with Gasteiger partial charge in [0.05, 0.1) is 21.6 Å². The number of fused-ring (bicyclic) bond motifs is 1. The van der Waals surface area contributed by atoms with E-state index in [1.165, 1.54) is 0 Å². The van der Waals surface area contributed by atoms with E-state index in [1.54, 1.807) is 42.6 Å². The van der Waals surface area contributed by atoms with E-state index in [0.29, 0.717) is 17.2 Å². The first-order valence-electron chi connectivity index (χ1n) is 10.7. The number of benzene rings is 3. The summed E-state index contributed by atoms with van der Waals surface area (Å²) in [6, 6.07) is 21.9. The van der Waals surface area contributed by atoms with Gasteiger partial charge >= 0.3 is 0 Å². The second kappa shape index (κ2) is 9.36. The molecule has 32 heavy (non-hydrogen) atoms. The van der Waals surface area contributed by atoms with Crippen molar-refractivity contribution in [3.8, 4) is 0 Å². The molecule has 4 rings (SSSR count). The van der Waals surface area contributed by atoms with Crippen LogP contribution in [-0.4, -0.2) is 24.2 Å². The number of unbranched alkanes of at least 4 members (excludes halogenated alkanes) is 1. The number of rotatable bonds is 8. The van der Waals surface area contributed by atoms with Crippen LogP contribution >= 0.6 is 0 Å². The smallest absolute Gasteiger partial charge is 0.261 e. The lowest BCUT2D eigenvalue weighted by Gasteiger charge is -2.11. The molecule has 1 N–H and O–H groups in total. The second-order valence-electron chi connectivity index (χ2n) is 7.67. The van der Waals surface area contributed by atoms with Crippen molar-refractivity contribution in [2.75, 3.05) is 4.72 Å². The second-order valence-corrected chi connectivity index (χ2v) is 9.35. The lowest BCUT2D eigenvalue weighted by Crippen LogP contribution is -2.14. The van der Waals surface area contributed by atoms with Gasteiger partial charge in [-0.3, -0.25) is 4.72 Å². The number of hydrogen-bond acceptors (Lipinski definition) is 4. The van der Waals surface area contributed by atoms with Gasteiger partial charge in [-0.1, -0.05) is 61.4 Å². The fraction of sp³-hybridized carbons (Fsp3) is 0.200. The Balaban J connectivity index is 1.66. The van der Waals surface area contributed by atoms with Gasteiger partial charge < -0.3 is 4.57 Å². The number of imidazole rings is 1. The summed E-state index contributed by atoms with van der Waals surface area (Å²) in [5.74, 6) is 0.607. The average Bonchev–Trinajstić information content (AvgIpc) is 3.14. The Hall–Kier alpha value is -3.45. The summed E-state index contributed by atoms with van der Waals surface area (Å²) in [6.07, 6.45) is 3.76. The number of nitrogens with zero attached hydrogens (tertiary/aromatic N) is 3. The van der Waals surface area contributed by atoms with Crippen LogP contribution in [0.1, 0.15) is 30.9 Å². The number of anilines is 1. The highest BCUT2D eigenvalue weighted by atomic mass is 32.2. The third kappa shape index (κ3) is 4.73. The molecule has 0 unspecified atom stereocenters. The number of aliphatic imine (C=N–C) groups is 1. The summed E-state index contributed by atoms with van der Waals surface area (Å²) >= 11 is 0. The highest BCUT2D eigenvalue weighted by Crippen LogP contribution is 2.24. The Kier molecular flexibility index (Phi) is 6.37. The summed E-state index contributed by atoms with van der Waals surface area (Å²) in [4.78, 5) is 9.52. The Labute approximate surface area is 188 Å². The summed E-state index contributed by atoms with van der Waals surface area (Å²) < 4.78 is 30.5. The molecule has 1 aromatic heterocycles. The van der Waals surface area contributed by atoms with Crippen LogP contribution in [0.3, 0.4) is 0 Å². The minimum absolute atomic E-state index is 0.219. The zero-order valence-electron chi connectivity index (χ0n) is 18.2. The van der Waals surface area contributed by atoms with Crippen LogP contribution in [-0.2, 0) is 16.6 Å². The summed E-state index contributed by atoms with van der Waals surface area (Å²) in [7, 11) is -3.71. The molecule has 0 amide bonds. The first-order chi connectivity index (χ1) is 15.5. The first kappa shape index (κ1) is 21.8. The van der Waals surface area contributed by atoms with Gasteiger partial charge in [-0.25, -0.2) is 18.4 Å². The van der Waals surface area contributed by atoms with E-state index in [2.05, 4.69) is 26.2 Å². The lowest BCUT2D eigenvalue weighted by atomic mass is 10.2. The van der Waals surface area contributed by atoms with Gasteiger partial charge in [0.2, 0.25) is 5.95 Å². The third-order valence-electron chi connectivity index (χ3n) is 5.23. The lowest BCUT2D eigenvalue weighted by molar-refractivity contribution is 0.601. The van der Waals surface area contributed by atoms with Crippen molar-refractivity contribution < 1.29 is 8.42 Å². The van der Waals surface area contributed by atoms with Crippen molar-refractivity contribution in [1.82, 2.24) is 9.55 Å². The molecule has 1 heterocycles. The average molecular weight is 447 g/mol. The topological polar surface area (TPSA) is 76.3 Å². The number of sulfonamides is 1. The molecule has 0 aliphatic rings. The number of para-hydroxylation sites is 3. The van der Waals surface area contributed by atoms with E-state index in [4.69, 9.17) is 0 Å². The van der Waals surface area contributed by atoms with Gasteiger partial charge in [0.1, 0.15) is 0 Å². The maximum absolute atomic E-state index is 12.9. The molecular formula is C25H26N4O2S. The van der Waals surface area contributed by atoms with Crippen molar-refractivity contribution in [3.05, 3.63) is 83.9 Å². The van der Waals surface area contributed by atoms with Gasteiger partial charge in [-0.15, -0.1) is 0 Å². The van der Waals surface area contributed by atoms with Crippen molar-refractivity contribution in [2.45, 2.75) is 38.1 Å². The number of nitrogens with one attached hydrogen (secondary N) is 1. The van der Waals surface area contributed by atoms with Crippen LogP contribution in [0.15, 0.2) is 82.7 Å². The van der Waals surface area contributed by atoms with Crippen molar-refractivity contribution in [1.29, 1.82) is 0 Å². The highest BCUT2D eigenvalue weighted by molar-refractivity contribution is 7.92. The van der Waals surface area contributed by atoms with Crippen LogP contribution in [0.4, 0.5) is 11.6 Å². The minimum atomic E-state index is -3.71. The molecule has 0 saturated heterocycles. The van der Waals surface area contributed by atoms with Crippen LogP contribution in [0, 0.1) is 6.92 Å². The van der Waals surface area contributed by atoms with Gasteiger partial charge in [-0.2, -0.15) is 0 Å². The van der Waals surface area contributed by atoms with Gasteiger partial charge in [0.15, 0.2) is 0 Å². The van der Waals surface area contributed by atoms with E-state index in [1.807, 2.05) is 43.3 Å². The van der Waals surface area contributed by atoms with E-state index in [-0.39, 0.29) is 4.90 Å². The summed E-state index contributed by atoms with van der Waals surface area (Å²) in [6.45, 7) is 4.90. The fourth-order valence-electron chi connectivity index (χ4n) is 3.45. The third-order valence-corrected chi connectivity index (χ3v) is 6.61. The van der Waals surface area contributed by atoms with Crippen LogP contribution < -0.4 is 4.72 Å². The number of aromatic nitrogens is 2. The largest absolute Gasteiger partial charge is 0.308 e. The molecule has 0 saturated carbocycles. The van der Waals surface area contributed by atoms with Crippen molar-refractivity contribution in [3.63, 3.8) is 0 Å². The van der Waals surface area contributed by atoms with Crippen LogP contribution in [0.2, 0.25) is 0 Å². The molecule has 164 valence electrons. The molecule has 0 atom stereocenters. The summed E-state index contributed by atoms with van der Waals surface area (Å²) in [5, 5.41) is 0. The predicted octanol–water partition coefficient (Wildman–Crippen LogP) is 5.70.